The lowest BCUT2D eigenvalue weighted by Crippen LogP contribution is -2.22. The molecule has 0 spiro atoms. The number of benzene rings is 2. The molecule has 1 heterocycles. The maximum Gasteiger partial charge on any atom is 0.419 e. The molecule has 2 unspecified atom stereocenters. The van der Waals surface area contributed by atoms with Crippen molar-refractivity contribution in [2.45, 2.75) is 25.1 Å². The Hall–Kier alpha value is -2.66. The average Bonchev–Trinajstić information content (AvgIpc) is 2.72. The van der Waals surface area contributed by atoms with E-state index < -0.39 is 17.6 Å². The Bertz CT molecular complexity index is 902. The molecule has 2 aromatic rings. The SMILES string of the molecule is C=Cc1ccc(-c2ccc(/C=C/C3CCC(C=C)OC3)c(F)c2C(F)(F)F)cc1. The molecule has 1 aliphatic heterocycles. The number of halogens is 4. The van der Waals surface area contributed by atoms with Crippen LogP contribution in [0.1, 0.15) is 29.5 Å². The zero-order chi connectivity index (χ0) is 21.0. The van der Waals surface area contributed by atoms with Gasteiger partial charge in [0.15, 0.2) is 0 Å². The Kier molecular flexibility index (Phi) is 6.38. The molecule has 1 aliphatic rings. The van der Waals surface area contributed by atoms with Gasteiger partial charge in [-0.1, -0.05) is 67.3 Å². The van der Waals surface area contributed by atoms with Gasteiger partial charge in [-0.3, -0.25) is 0 Å². The van der Waals surface area contributed by atoms with Gasteiger partial charge in [0.2, 0.25) is 0 Å². The normalized spacial score (nSPS) is 20.0. The smallest absolute Gasteiger partial charge is 0.374 e. The molecule has 1 nitrogen and oxygen atoms in total. The van der Waals surface area contributed by atoms with E-state index >= 15 is 0 Å². The highest BCUT2D eigenvalue weighted by molar-refractivity contribution is 5.72. The highest BCUT2D eigenvalue weighted by Gasteiger charge is 2.38. The number of rotatable bonds is 5. The number of alkyl halides is 3. The summed E-state index contributed by atoms with van der Waals surface area (Å²) in [6.45, 7) is 7.75. The van der Waals surface area contributed by atoms with Crippen LogP contribution in [0.15, 0.2) is 61.7 Å². The lowest BCUT2D eigenvalue weighted by atomic mass is 9.94. The Morgan fingerprint density at radius 3 is 2.28 bits per heavy atom. The summed E-state index contributed by atoms with van der Waals surface area (Å²) in [5.74, 6) is -1.23. The molecule has 152 valence electrons. The van der Waals surface area contributed by atoms with E-state index in [1.54, 1.807) is 30.4 Å². The molecule has 0 aromatic heterocycles. The third-order valence-electron chi connectivity index (χ3n) is 5.07. The maximum absolute atomic E-state index is 14.9. The minimum absolute atomic E-state index is 0.0000189. The summed E-state index contributed by atoms with van der Waals surface area (Å²) in [6, 6.07) is 9.06. The van der Waals surface area contributed by atoms with Crippen molar-refractivity contribution in [2.75, 3.05) is 6.61 Å². The first kappa shape index (κ1) is 21.1. The summed E-state index contributed by atoms with van der Waals surface area (Å²) in [4.78, 5) is 0. The Labute approximate surface area is 168 Å². The van der Waals surface area contributed by atoms with Gasteiger partial charge in [0, 0.05) is 11.5 Å². The largest absolute Gasteiger partial charge is 0.419 e. The molecule has 1 fully saturated rings. The van der Waals surface area contributed by atoms with E-state index in [4.69, 9.17) is 4.74 Å². The van der Waals surface area contributed by atoms with Gasteiger partial charge in [-0.15, -0.1) is 6.58 Å². The van der Waals surface area contributed by atoms with Gasteiger partial charge in [-0.2, -0.15) is 13.2 Å². The van der Waals surface area contributed by atoms with Gasteiger partial charge < -0.3 is 4.74 Å². The van der Waals surface area contributed by atoms with Crippen molar-refractivity contribution in [3.05, 3.63) is 84.2 Å². The van der Waals surface area contributed by atoms with E-state index in [-0.39, 0.29) is 23.1 Å². The zero-order valence-corrected chi connectivity index (χ0v) is 15.9. The molecule has 0 N–H and O–H groups in total. The minimum atomic E-state index is -4.81. The van der Waals surface area contributed by atoms with Gasteiger partial charge in [-0.05, 0) is 29.5 Å². The number of ether oxygens (including phenoxy) is 1. The van der Waals surface area contributed by atoms with Crippen molar-refractivity contribution in [3.8, 4) is 11.1 Å². The van der Waals surface area contributed by atoms with Crippen LogP contribution in [0.4, 0.5) is 17.6 Å². The fraction of sp³-hybridized carbons (Fsp3) is 0.250. The molecule has 2 atom stereocenters. The Morgan fingerprint density at radius 1 is 1.00 bits per heavy atom. The molecular formula is C24H22F4O. The molecule has 5 heteroatoms. The molecule has 0 aliphatic carbocycles. The van der Waals surface area contributed by atoms with Crippen molar-refractivity contribution < 1.29 is 22.3 Å². The first-order valence-electron chi connectivity index (χ1n) is 9.38. The standard InChI is InChI=1S/C24H22F4O/c1-3-16-5-9-18(10-6-16)21-14-12-19(23(25)22(21)24(26,27)28)11-7-17-8-13-20(4-2)29-15-17/h3-7,9-12,14,17,20H,1-2,8,13,15H2/b11-7+. The molecule has 29 heavy (non-hydrogen) atoms. The summed E-state index contributed by atoms with van der Waals surface area (Å²) in [5, 5.41) is 0. The Balaban J connectivity index is 1.93. The molecule has 2 aromatic carbocycles. The van der Waals surface area contributed by atoms with E-state index in [9.17, 15) is 17.6 Å². The Morgan fingerprint density at radius 2 is 1.72 bits per heavy atom. The van der Waals surface area contributed by atoms with Crippen molar-refractivity contribution in [1.82, 2.24) is 0 Å². The van der Waals surface area contributed by atoms with Gasteiger partial charge in [-0.25, -0.2) is 4.39 Å². The summed E-state index contributed by atoms with van der Waals surface area (Å²) < 4.78 is 61.5. The van der Waals surface area contributed by atoms with E-state index in [2.05, 4.69) is 13.2 Å². The van der Waals surface area contributed by atoms with Crippen molar-refractivity contribution in [1.29, 1.82) is 0 Å². The first-order valence-corrected chi connectivity index (χ1v) is 9.38. The molecule has 3 rings (SSSR count). The van der Waals surface area contributed by atoms with Crippen LogP contribution >= 0.6 is 0 Å². The fourth-order valence-corrected chi connectivity index (χ4v) is 3.41. The summed E-state index contributed by atoms with van der Waals surface area (Å²) in [6.07, 6.45) is 3.24. The first-order chi connectivity index (χ1) is 13.8. The van der Waals surface area contributed by atoms with Crippen LogP contribution in [-0.4, -0.2) is 12.7 Å². The second-order valence-corrected chi connectivity index (χ2v) is 7.02. The van der Waals surface area contributed by atoms with Crippen LogP contribution < -0.4 is 0 Å². The van der Waals surface area contributed by atoms with Crippen molar-refractivity contribution in [3.63, 3.8) is 0 Å². The summed E-state index contributed by atoms with van der Waals surface area (Å²) >= 11 is 0. The highest BCUT2D eigenvalue weighted by Crippen LogP contribution is 2.40. The van der Waals surface area contributed by atoms with Crippen molar-refractivity contribution >= 4 is 12.2 Å². The van der Waals surface area contributed by atoms with E-state index in [0.29, 0.717) is 12.2 Å². The molecular weight excluding hydrogens is 380 g/mol. The fourth-order valence-electron chi connectivity index (χ4n) is 3.41. The van der Waals surface area contributed by atoms with Gasteiger partial charge >= 0.3 is 6.18 Å². The van der Waals surface area contributed by atoms with E-state index in [0.717, 1.165) is 18.4 Å². The highest BCUT2D eigenvalue weighted by atomic mass is 19.4. The van der Waals surface area contributed by atoms with Crippen LogP contribution in [0.25, 0.3) is 23.3 Å². The molecule has 1 saturated heterocycles. The lowest BCUT2D eigenvalue weighted by Gasteiger charge is -2.25. The van der Waals surface area contributed by atoms with Crippen molar-refractivity contribution in [2.24, 2.45) is 5.92 Å². The molecule has 0 amide bonds. The summed E-state index contributed by atoms with van der Waals surface area (Å²) in [7, 11) is 0. The number of hydrogen-bond acceptors (Lipinski definition) is 1. The molecule has 0 bridgehead atoms. The van der Waals surface area contributed by atoms with Gasteiger partial charge in [0.05, 0.1) is 18.3 Å². The predicted octanol–water partition coefficient (Wildman–Crippen LogP) is 7.15. The van der Waals surface area contributed by atoms with Crippen LogP contribution in [0.2, 0.25) is 0 Å². The van der Waals surface area contributed by atoms with E-state index in [1.165, 1.54) is 30.3 Å². The molecule has 0 saturated carbocycles. The minimum Gasteiger partial charge on any atom is -0.374 e. The third kappa shape index (κ3) is 4.85. The van der Waals surface area contributed by atoms with Crippen LogP contribution in [-0.2, 0) is 10.9 Å². The summed E-state index contributed by atoms with van der Waals surface area (Å²) in [5.41, 5.74) is -0.450. The number of hydrogen-bond donors (Lipinski definition) is 0. The molecule has 0 radical (unpaired) electrons. The lowest BCUT2D eigenvalue weighted by molar-refractivity contribution is -0.139. The maximum atomic E-state index is 14.9. The van der Waals surface area contributed by atoms with Gasteiger partial charge in [0.25, 0.3) is 0 Å². The second-order valence-electron chi connectivity index (χ2n) is 7.02. The van der Waals surface area contributed by atoms with Crippen LogP contribution in [0, 0.1) is 11.7 Å². The van der Waals surface area contributed by atoms with E-state index in [1.807, 2.05) is 0 Å². The second kappa shape index (κ2) is 8.78. The monoisotopic (exact) mass is 402 g/mol. The topological polar surface area (TPSA) is 9.23 Å². The average molecular weight is 402 g/mol. The quantitative estimate of drug-likeness (QED) is 0.381. The predicted molar refractivity (Wildman–Crippen MR) is 109 cm³/mol. The third-order valence-corrected chi connectivity index (χ3v) is 5.07. The van der Waals surface area contributed by atoms with Crippen LogP contribution in [0.5, 0.6) is 0 Å². The van der Waals surface area contributed by atoms with Gasteiger partial charge in [0.1, 0.15) is 5.82 Å². The zero-order valence-electron chi connectivity index (χ0n) is 15.9. The van der Waals surface area contributed by atoms with Crippen LogP contribution in [0.3, 0.4) is 0 Å².